The number of halogens is 5. The van der Waals surface area contributed by atoms with Crippen molar-refractivity contribution >= 4 is 10.0 Å². The van der Waals surface area contributed by atoms with E-state index in [0.717, 1.165) is 6.07 Å². The highest BCUT2D eigenvalue weighted by Gasteiger charge is 2.31. The molecule has 0 saturated carbocycles. The Morgan fingerprint density at radius 3 is 2.30 bits per heavy atom. The predicted molar refractivity (Wildman–Crippen MR) is 97.8 cm³/mol. The standard InChI is InChI=1S/C19H13F5N2O3S/c1-10-7-11(4-5-16(10)29-19(22,23)24)18-12(3-2-6-26-18)13-8-15(21)17(9-14(13)20)30(25,27)28/h2-9H,1H3,(H2,25,27,28). The minimum Gasteiger partial charge on any atom is -0.406 e. The van der Waals surface area contributed by atoms with Crippen molar-refractivity contribution in [3.05, 3.63) is 65.9 Å². The summed E-state index contributed by atoms with van der Waals surface area (Å²) in [5, 5.41) is 4.87. The van der Waals surface area contributed by atoms with E-state index in [1.807, 2.05) is 0 Å². The van der Waals surface area contributed by atoms with Gasteiger partial charge in [0, 0.05) is 22.9 Å². The van der Waals surface area contributed by atoms with Gasteiger partial charge in [-0.25, -0.2) is 22.3 Å². The summed E-state index contributed by atoms with van der Waals surface area (Å²) < 4.78 is 92.9. The smallest absolute Gasteiger partial charge is 0.406 e. The summed E-state index contributed by atoms with van der Waals surface area (Å²) in [6.07, 6.45) is -3.50. The number of hydrogen-bond acceptors (Lipinski definition) is 4. The van der Waals surface area contributed by atoms with E-state index < -0.39 is 38.7 Å². The monoisotopic (exact) mass is 444 g/mol. The van der Waals surface area contributed by atoms with Crippen molar-refractivity contribution in [2.75, 3.05) is 0 Å². The number of aryl methyl sites for hydroxylation is 1. The fourth-order valence-electron chi connectivity index (χ4n) is 2.84. The number of nitrogens with zero attached hydrogens (tertiary/aromatic N) is 1. The van der Waals surface area contributed by atoms with Crippen LogP contribution in [0, 0.1) is 18.6 Å². The van der Waals surface area contributed by atoms with E-state index in [-0.39, 0.29) is 22.4 Å². The van der Waals surface area contributed by atoms with Crippen molar-refractivity contribution in [3.8, 4) is 28.1 Å². The van der Waals surface area contributed by atoms with Crippen LogP contribution >= 0.6 is 0 Å². The number of alkyl halides is 3. The molecule has 2 aromatic carbocycles. The Bertz CT molecular complexity index is 1230. The molecule has 0 bridgehead atoms. The van der Waals surface area contributed by atoms with Crippen LogP contribution < -0.4 is 9.88 Å². The average Bonchev–Trinajstić information content (AvgIpc) is 2.63. The highest BCUT2D eigenvalue weighted by Crippen LogP contribution is 2.36. The number of ether oxygens (including phenoxy) is 1. The molecular weight excluding hydrogens is 431 g/mol. The highest BCUT2D eigenvalue weighted by atomic mass is 32.2. The molecule has 3 rings (SSSR count). The van der Waals surface area contributed by atoms with Crippen LogP contribution in [0.1, 0.15) is 5.56 Å². The van der Waals surface area contributed by atoms with Gasteiger partial charge in [0.15, 0.2) is 0 Å². The Morgan fingerprint density at radius 2 is 1.70 bits per heavy atom. The zero-order valence-electron chi connectivity index (χ0n) is 15.2. The lowest BCUT2D eigenvalue weighted by molar-refractivity contribution is -0.274. The molecule has 0 aliphatic carbocycles. The van der Waals surface area contributed by atoms with Crippen LogP contribution in [0.5, 0.6) is 5.75 Å². The van der Waals surface area contributed by atoms with Gasteiger partial charge in [-0.05, 0) is 48.9 Å². The SMILES string of the molecule is Cc1cc(-c2ncccc2-c2cc(F)c(S(N)(=O)=O)cc2F)ccc1OC(F)(F)F. The third-order valence-electron chi connectivity index (χ3n) is 4.10. The molecule has 11 heteroatoms. The van der Waals surface area contributed by atoms with Gasteiger partial charge in [-0.15, -0.1) is 13.2 Å². The molecule has 2 N–H and O–H groups in total. The molecule has 5 nitrogen and oxygen atoms in total. The van der Waals surface area contributed by atoms with Crippen LogP contribution in [0.4, 0.5) is 22.0 Å². The summed E-state index contributed by atoms with van der Waals surface area (Å²) in [7, 11) is -4.48. The van der Waals surface area contributed by atoms with Crippen molar-refractivity contribution in [1.29, 1.82) is 0 Å². The first-order chi connectivity index (χ1) is 13.9. The van der Waals surface area contributed by atoms with Crippen molar-refractivity contribution in [2.24, 2.45) is 5.14 Å². The van der Waals surface area contributed by atoms with E-state index in [4.69, 9.17) is 5.14 Å². The van der Waals surface area contributed by atoms with Crippen LogP contribution in [0.3, 0.4) is 0 Å². The summed E-state index contributed by atoms with van der Waals surface area (Å²) in [4.78, 5) is 3.12. The Kier molecular flexibility index (Phi) is 5.52. The third-order valence-corrected chi connectivity index (χ3v) is 5.03. The molecule has 1 aromatic heterocycles. The van der Waals surface area contributed by atoms with E-state index in [2.05, 4.69) is 9.72 Å². The van der Waals surface area contributed by atoms with Gasteiger partial charge in [-0.2, -0.15) is 0 Å². The lowest BCUT2D eigenvalue weighted by Crippen LogP contribution is -2.17. The lowest BCUT2D eigenvalue weighted by atomic mass is 9.97. The molecule has 3 aromatic rings. The van der Waals surface area contributed by atoms with E-state index in [0.29, 0.717) is 17.7 Å². The van der Waals surface area contributed by atoms with E-state index in [1.165, 1.54) is 37.4 Å². The number of primary sulfonamides is 1. The number of benzene rings is 2. The molecule has 0 aliphatic heterocycles. The van der Waals surface area contributed by atoms with Crippen molar-refractivity contribution < 1.29 is 35.1 Å². The van der Waals surface area contributed by atoms with Crippen molar-refractivity contribution in [2.45, 2.75) is 18.2 Å². The Labute approximate surface area is 168 Å². The summed E-state index contributed by atoms with van der Waals surface area (Å²) in [6.45, 7) is 1.38. The molecule has 158 valence electrons. The second-order valence-electron chi connectivity index (χ2n) is 6.24. The molecule has 1 heterocycles. The zero-order valence-corrected chi connectivity index (χ0v) is 16.0. The van der Waals surface area contributed by atoms with E-state index >= 15 is 0 Å². The molecule has 0 spiro atoms. The Hall–Kier alpha value is -3.05. The first-order valence-electron chi connectivity index (χ1n) is 8.21. The summed E-state index contributed by atoms with van der Waals surface area (Å²) in [5.74, 6) is -2.74. The van der Waals surface area contributed by atoms with Crippen molar-refractivity contribution in [3.63, 3.8) is 0 Å². The number of pyridine rings is 1. The largest absolute Gasteiger partial charge is 0.573 e. The fraction of sp³-hybridized carbons (Fsp3) is 0.105. The molecule has 0 unspecified atom stereocenters. The lowest BCUT2D eigenvalue weighted by Gasteiger charge is -2.14. The number of rotatable bonds is 4. The minimum absolute atomic E-state index is 0.0961. The topological polar surface area (TPSA) is 82.3 Å². The summed E-state index contributed by atoms with van der Waals surface area (Å²) >= 11 is 0. The minimum atomic E-state index is -4.87. The van der Waals surface area contributed by atoms with Crippen LogP contribution in [0.15, 0.2) is 53.6 Å². The van der Waals surface area contributed by atoms with Gasteiger partial charge in [0.1, 0.15) is 22.3 Å². The molecule has 30 heavy (non-hydrogen) atoms. The Morgan fingerprint density at radius 1 is 1.00 bits per heavy atom. The number of sulfonamides is 1. The molecule has 0 aliphatic rings. The van der Waals surface area contributed by atoms with Gasteiger partial charge in [-0.1, -0.05) is 6.07 Å². The van der Waals surface area contributed by atoms with Gasteiger partial charge in [0.05, 0.1) is 5.69 Å². The van der Waals surface area contributed by atoms with Crippen LogP contribution in [-0.2, 0) is 10.0 Å². The highest BCUT2D eigenvalue weighted by molar-refractivity contribution is 7.89. The maximum absolute atomic E-state index is 14.6. The first kappa shape index (κ1) is 21.7. The van der Waals surface area contributed by atoms with Gasteiger partial charge in [0.2, 0.25) is 10.0 Å². The number of aromatic nitrogens is 1. The molecule has 0 saturated heterocycles. The second kappa shape index (κ2) is 7.65. The Balaban J connectivity index is 2.13. The van der Waals surface area contributed by atoms with Crippen molar-refractivity contribution in [1.82, 2.24) is 4.98 Å². The van der Waals surface area contributed by atoms with Crippen LogP contribution in [0.2, 0.25) is 0 Å². The second-order valence-corrected chi connectivity index (χ2v) is 7.76. The van der Waals surface area contributed by atoms with Gasteiger partial charge >= 0.3 is 6.36 Å². The quantitative estimate of drug-likeness (QED) is 0.599. The van der Waals surface area contributed by atoms with E-state index in [9.17, 15) is 30.4 Å². The number of nitrogens with two attached hydrogens (primary N) is 1. The normalized spacial score (nSPS) is 12.1. The van der Waals surface area contributed by atoms with Gasteiger partial charge in [-0.3, -0.25) is 4.98 Å². The molecular formula is C19H13F5N2O3S. The summed E-state index contributed by atoms with van der Waals surface area (Å²) in [6, 6.07) is 7.69. The van der Waals surface area contributed by atoms with Crippen LogP contribution in [0.25, 0.3) is 22.4 Å². The first-order valence-corrected chi connectivity index (χ1v) is 9.75. The number of hydrogen-bond donors (Lipinski definition) is 1. The van der Waals surface area contributed by atoms with Crippen LogP contribution in [-0.4, -0.2) is 19.8 Å². The maximum atomic E-state index is 14.6. The molecule has 0 fully saturated rings. The van der Waals surface area contributed by atoms with Gasteiger partial charge < -0.3 is 4.74 Å². The molecule has 0 amide bonds. The van der Waals surface area contributed by atoms with E-state index in [1.54, 1.807) is 0 Å². The summed E-state index contributed by atoms with van der Waals surface area (Å²) in [5.41, 5.74) is 0.390. The predicted octanol–water partition coefficient (Wildman–Crippen LogP) is 4.55. The maximum Gasteiger partial charge on any atom is 0.573 e. The van der Waals surface area contributed by atoms with Gasteiger partial charge in [0.25, 0.3) is 0 Å². The third kappa shape index (κ3) is 4.57. The molecule has 0 radical (unpaired) electrons. The average molecular weight is 444 g/mol. The zero-order chi connectivity index (χ0) is 22.3. The fourth-order valence-corrected chi connectivity index (χ4v) is 3.44. The molecule has 0 atom stereocenters.